The molecule has 2 aromatic rings. The molecule has 1 fully saturated rings. The zero-order valence-corrected chi connectivity index (χ0v) is 10.9. The molecule has 3 heterocycles. The van der Waals surface area contributed by atoms with Crippen LogP contribution in [0.3, 0.4) is 0 Å². The van der Waals surface area contributed by atoms with Crippen LogP contribution in [0.1, 0.15) is 10.5 Å². The number of hydrogen-bond donors (Lipinski definition) is 2. The Kier molecular flexibility index (Phi) is 4.24. The first-order valence-corrected chi connectivity index (χ1v) is 5.82. The molecule has 0 saturated carbocycles. The third kappa shape index (κ3) is 2.97. The van der Waals surface area contributed by atoms with Crippen LogP contribution in [0.2, 0.25) is 0 Å². The van der Waals surface area contributed by atoms with E-state index in [1.807, 2.05) is 0 Å². The van der Waals surface area contributed by atoms with Crippen molar-refractivity contribution in [1.29, 1.82) is 0 Å². The van der Waals surface area contributed by atoms with Crippen molar-refractivity contribution in [3.63, 3.8) is 0 Å². The van der Waals surface area contributed by atoms with E-state index in [2.05, 4.69) is 15.8 Å². The fourth-order valence-corrected chi connectivity index (χ4v) is 1.74. The van der Waals surface area contributed by atoms with E-state index in [1.165, 1.54) is 0 Å². The van der Waals surface area contributed by atoms with Gasteiger partial charge in [0.2, 0.25) is 5.76 Å². The fourth-order valence-electron chi connectivity index (χ4n) is 1.74. The molecule has 0 unspecified atom stereocenters. The largest absolute Gasteiger partial charge is 0.461 e. The SMILES string of the molecule is Cl.O=C(NCC1CNC1)c1cc(-c2ccco2)on1. The summed E-state index contributed by atoms with van der Waals surface area (Å²) in [4.78, 5) is 11.8. The molecule has 0 aliphatic carbocycles. The van der Waals surface area contributed by atoms with Gasteiger partial charge in [-0.25, -0.2) is 0 Å². The average molecular weight is 284 g/mol. The molecule has 2 N–H and O–H groups in total. The molecule has 102 valence electrons. The van der Waals surface area contributed by atoms with Crippen LogP contribution in [0.5, 0.6) is 0 Å². The topological polar surface area (TPSA) is 80.3 Å². The molecular weight excluding hydrogens is 270 g/mol. The van der Waals surface area contributed by atoms with Crippen molar-refractivity contribution in [3.05, 3.63) is 30.2 Å². The fraction of sp³-hybridized carbons (Fsp3) is 0.333. The zero-order chi connectivity index (χ0) is 12.4. The molecule has 6 nitrogen and oxygen atoms in total. The lowest BCUT2D eigenvalue weighted by molar-refractivity contribution is 0.0933. The molecule has 0 spiro atoms. The number of carbonyl (C=O) groups excluding carboxylic acids is 1. The van der Waals surface area contributed by atoms with Crippen LogP contribution in [-0.2, 0) is 0 Å². The number of rotatable bonds is 4. The number of halogens is 1. The molecule has 1 aliphatic heterocycles. The summed E-state index contributed by atoms with van der Waals surface area (Å²) in [7, 11) is 0. The Morgan fingerprint density at radius 3 is 2.95 bits per heavy atom. The number of nitrogens with one attached hydrogen (secondary N) is 2. The molecule has 7 heteroatoms. The maximum absolute atomic E-state index is 11.8. The maximum atomic E-state index is 11.8. The first-order valence-electron chi connectivity index (χ1n) is 5.82. The molecular formula is C12H14ClN3O3. The van der Waals surface area contributed by atoms with Crippen molar-refractivity contribution in [2.24, 2.45) is 5.92 Å². The van der Waals surface area contributed by atoms with Gasteiger partial charge in [-0.15, -0.1) is 12.4 Å². The van der Waals surface area contributed by atoms with Crippen LogP contribution < -0.4 is 10.6 Å². The number of amides is 1. The second-order valence-corrected chi connectivity index (χ2v) is 4.29. The van der Waals surface area contributed by atoms with Crippen LogP contribution in [0.4, 0.5) is 0 Å². The first kappa shape index (κ1) is 13.6. The third-order valence-electron chi connectivity index (χ3n) is 2.92. The van der Waals surface area contributed by atoms with Crippen LogP contribution >= 0.6 is 12.4 Å². The van der Waals surface area contributed by atoms with Gasteiger partial charge in [-0.3, -0.25) is 4.79 Å². The average Bonchev–Trinajstić information content (AvgIpc) is 2.97. The number of furan rings is 1. The lowest BCUT2D eigenvalue weighted by Crippen LogP contribution is -2.48. The number of hydrogen-bond acceptors (Lipinski definition) is 5. The Balaban J connectivity index is 0.00000133. The van der Waals surface area contributed by atoms with Crippen molar-refractivity contribution in [3.8, 4) is 11.5 Å². The molecule has 19 heavy (non-hydrogen) atoms. The van der Waals surface area contributed by atoms with Gasteiger partial charge in [-0.1, -0.05) is 5.16 Å². The van der Waals surface area contributed by atoms with Crippen LogP contribution in [0, 0.1) is 5.92 Å². The van der Waals surface area contributed by atoms with Crippen molar-refractivity contribution in [2.75, 3.05) is 19.6 Å². The van der Waals surface area contributed by atoms with Gasteiger partial charge in [-0.05, 0) is 12.1 Å². The number of carbonyl (C=O) groups is 1. The zero-order valence-electron chi connectivity index (χ0n) is 10.1. The monoisotopic (exact) mass is 283 g/mol. The van der Waals surface area contributed by atoms with Gasteiger partial charge in [0.1, 0.15) is 0 Å². The van der Waals surface area contributed by atoms with E-state index in [4.69, 9.17) is 8.94 Å². The smallest absolute Gasteiger partial charge is 0.273 e. The maximum Gasteiger partial charge on any atom is 0.273 e. The molecule has 1 amide bonds. The van der Waals surface area contributed by atoms with E-state index in [0.717, 1.165) is 13.1 Å². The van der Waals surface area contributed by atoms with E-state index in [0.29, 0.717) is 24.0 Å². The quantitative estimate of drug-likeness (QED) is 0.884. The lowest BCUT2D eigenvalue weighted by atomic mass is 10.0. The minimum atomic E-state index is -0.219. The minimum absolute atomic E-state index is 0. The van der Waals surface area contributed by atoms with Crippen LogP contribution in [0.15, 0.2) is 33.4 Å². The Hall–Kier alpha value is -1.79. The van der Waals surface area contributed by atoms with Gasteiger partial charge in [-0.2, -0.15) is 0 Å². The molecule has 2 aromatic heterocycles. The van der Waals surface area contributed by atoms with E-state index in [1.54, 1.807) is 24.5 Å². The summed E-state index contributed by atoms with van der Waals surface area (Å²) in [5.74, 6) is 1.31. The summed E-state index contributed by atoms with van der Waals surface area (Å²) in [6.45, 7) is 2.57. The highest BCUT2D eigenvalue weighted by Crippen LogP contribution is 2.20. The molecule has 0 aromatic carbocycles. The highest BCUT2D eigenvalue weighted by molar-refractivity contribution is 5.92. The molecule has 0 bridgehead atoms. The van der Waals surface area contributed by atoms with Gasteiger partial charge in [0, 0.05) is 31.6 Å². The van der Waals surface area contributed by atoms with Gasteiger partial charge in [0.15, 0.2) is 11.5 Å². The highest BCUT2D eigenvalue weighted by atomic mass is 35.5. The summed E-state index contributed by atoms with van der Waals surface area (Å²) in [6, 6.07) is 5.08. The van der Waals surface area contributed by atoms with Crippen molar-refractivity contribution >= 4 is 18.3 Å². The summed E-state index contributed by atoms with van der Waals surface area (Å²) >= 11 is 0. The second kappa shape index (κ2) is 5.90. The molecule has 0 atom stereocenters. The predicted molar refractivity (Wildman–Crippen MR) is 70.1 cm³/mol. The van der Waals surface area contributed by atoms with Gasteiger partial charge < -0.3 is 19.6 Å². The van der Waals surface area contributed by atoms with Gasteiger partial charge in [0.25, 0.3) is 5.91 Å². The van der Waals surface area contributed by atoms with Crippen LogP contribution in [-0.4, -0.2) is 30.7 Å². The van der Waals surface area contributed by atoms with Gasteiger partial charge in [0.05, 0.1) is 6.26 Å². The standard InChI is InChI=1S/C12H13N3O3.ClH/c16-12(14-7-8-5-13-6-8)9-4-11(18-15-9)10-2-1-3-17-10;/h1-4,8,13H,5-7H2,(H,14,16);1H. The highest BCUT2D eigenvalue weighted by Gasteiger charge is 2.19. The second-order valence-electron chi connectivity index (χ2n) is 4.29. The predicted octanol–water partition coefficient (Wildman–Crippen LogP) is 1.31. The van der Waals surface area contributed by atoms with Crippen molar-refractivity contribution in [1.82, 2.24) is 15.8 Å². The third-order valence-corrected chi connectivity index (χ3v) is 2.92. The van der Waals surface area contributed by atoms with Gasteiger partial charge >= 0.3 is 0 Å². The summed E-state index contributed by atoms with van der Waals surface area (Å²) in [5.41, 5.74) is 0.272. The number of nitrogens with zero attached hydrogens (tertiary/aromatic N) is 1. The first-order chi connectivity index (χ1) is 8.83. The normalized spacial score (nSPS) is 14.5. The lowest BCUT2D eigenvalue weighted by Gasteiger charge is -2.26. The molecule has 1 saturated heterocycles. The van der Waals surface area contributed by atoms with Crippen molar-refractivity contribution < 1.29 is 13.7 Å². The summed E-state index contributed by atoms with van der Waals surface area (Å²) in [6.07, 6.45) is 1.54. The molecule has 3 rings (SSSR count). The van der Waals surface area contributed by atoms with Crippen molar-refractivity contribution in [2.45, 2.75) is 0 Å². The molecule has 1 aliphatic rings. The van der Waals surface area contributed by atoms with Crippen LogP contribution in [0.25, 0.3) is 11.5 Å². The Morgan fingerprint density at radius 1 is 1.47 bits per heavy atom. The van der Waals surface area contributed by atoms with E-state index in [-0.39, 0.29) is 24.0 Å². The summed E-state index contributed by atoms with van der Waals surface area (Å²) < 4.78 is 10.2. The summed E-state index contributed by atoms with van der Waals surface area (Å²) in [5, 5.41) is 9.71. The molecule has 0 radical (unpaired) electrons. The van der Waals surface area contributed by atoms with E-state index < -0.39 is 0 Å². The number of aromatic nitrogens is 1. The van der Waals surface area contributed by atoms with E-state index >= 15 is 0 Å². The minimum Gasteiger partial charge on any atom is -0.461 e. The Labute approximate surface area is 115 Å². The van der Waals surface area contributed by atoms with E-state index in [9.17, 15) is 4.79 Å². The Morgan fingerprint density at radius 2 is 2.32 bits per heavy atom. The Bertz CT molecular complexity index is 534.